The molecule has 0 aliphatic rings. The molecule has 0 atom stereocenters. The molecule has 4 aromatic rings. The number of methoxy groups -OCH3 is 1. The van der Waals surface area contributed by atoms with Gasteiger partial charge in [-0.3, -0.25) is 14.6 Å². The maximum absolute atomic E-state index is 15.0. The quantitative estimate of drug-likeness (QED) is 0.351. The van der Waals surface area contributed by atoms with Gasteiger partial charge in [0, 0.05) is 0 Å². The summed E-state index contributed by atoms with van der Waals surface area (Å²) in [6, 6.07) is 4.38. The largest absolute Gasteiger partial charge is 0.479 e. The maximum atomic E-state index is 15.0. The molecule has 0 radical (unpaired) electrons. The number of carbonyl (C=O) groups is 1. The molecular formula is C20H13F4N5O4S. The molecule has 9 nitrogen and oxygen atoms in total. The topological polar surface area (TPSA) is 126 Å². The van der Waals surface area contributed by atoms with Gasteiger partial charge in [-0.15, -0.1) is 5.10 Å². The molecule has 0 unspecified atom stereocenters. The van der Waals surface area contributed by atoms with Gasteiger partial charge in [0.1, 0.15) is 27.9 Å². The highest BCUT2D eigenvalue weighted by Crippen LogP contribution is 2.27. The Morgan fingerprint density at radius 2 is 1.79 bits per heavy atom. The normalized spacial score (nSPS) is 11.4. The van der Waals surface area contributed by atoms with Crippen LogP contribution in [0.2, 0.25) is 0 Å². The molecule has 34 heavy (non-hydrogen) atoms. The molecule has 2 aromatic carbocycles. The fraction of sp³-hybridized carbons (Fsp3) is 0.0500. The Hall–Kier alpha value is -4.20. The van der Waals surface area contributed by atoms with Crippen molar-refractivity contribution in [1.82, 2.24) is 15.2 Å². The number of aromatic amines is 1. The smallest absolute Gasteiger partial charge is 0.265 e. The number of aromatic nitrogens is 3. The van der Waals surface area contributed by atoms with Crippen molar-refractivity contribution in [3.05, 3.63) is 71.4 Å². The Kier molecular flexibility index (Phi) is 5.83. The van der Waals surface area contributed by atoms with Crippen LogP contribution in [0.5, 0.6) is 5.88 Å². The van der Waals surface area contributed by atoms with Crippen LogP contribution in [0.4, 0.5) is 28.9 Å². The second-order valence-electron chi connectivity index (χ2n) is 6.77. The third kappa shape index (κ3) is 4.22. The predicted octanol–water partition coefficient (Wildman–Crippen LogP) is 3.58. The van der Waals surface area contributed by atoms with Crippen LogP contribution in [-0.4, -0.2) is 36.6 Å². The van der Waals surface area contributed by atoms with E-state index < -0.39 is 55.3 Å². The molecule has 0 saturated carbocycles. The van der Waals surface area contributed by atoms with Crippen molar-refractivity contribution >= 4 is 38.3 Å². The Labute approximate surface area is 188 Å². The third-order valence-electron chi connectivity index (χ3n) is 4.58. The van der Waals surface area contributed by atoms with Gasteiger partial charge >= 0.3 is 0 Å². The molecule has 176 valence electrons. The number of rotatable bonds is 6. The molecule has 0 spiro atoms. The van der Waals surface area contributed by atoms with Gasteiger partial charge in [-0.2, -0.15) is 0 Å². The van der Waals surface area contributed by atoms with Gasteiger partial charge in [0.25, 0.3) is 15.9 Å². The van der Waals surface area contributed by atoms with E-state index in [1.807, 2.05) is 0 Å². The molecule has 0 bridgehead atoms. The molecule has 0 fully saturated rings. The lowest BCUT2D eigenvalue weighted by Crippen LogP contribution is -2.20. The van der Waals surface area contributed by atoms with E-state index in [2.05, 4.69) is 20.5 Å². The first-order valence-electron chi connectivity index (χ1n) is 9.26. The number of carbonyl (C=O) groups excluding carboxylic acids is 1. The Morgan fingerprint density at radius 3 is 2.53 bits per heavy atom. The SMILES string of the molecule is COc1n[nH]c2ncc(NC(=O)c3c(F)ccc(NS(=O)(=O)c4cc(F)ccc4F)c3F)cc12. The van der Waals surface area contributed by atoms with Gasteiger partial charge in [0.05, 0.1) is 30.1 Å². The number of fused-ring (bicyclic) bond motifs is 1. The number of amides is 1. The minimum atomic E-state index is -4.82. The summed E-state index contributed by atoms with van der Waals surface area (Å²) in [5.74, 6) is -6.33. The van der Waals surface area contributed by atoms with Gasteiger partial charge in [-0.25, -0.2) is 31.0 Å². The Morgan fingerprint density at radius 1 is 1.06 bits per heavy atom. The Bertz CT molecular complexity index is 1540. The van der Waals surface area contributed by atoms with E-state index in [1.54, 1.807) is 4.72 Å². The highest BCUT2D eigenvalue weighted by Gasteiger charge is 2.26. The molecule has 14 heteroatoms. The zero-order valence-electron chi connectivity index (χ0n) is 17.0. The first kappa shape index (κ1) is 23.0. The second kappa shape index (κ2) is 8.62. The standard InChI is InChI=1S/C20H13F4N5O4S/c1-33-20-11-7-10(8-25-18(11)27-28-20)26-19(30)16-13(23)4-5-14(17(16)24)29-34(31,32)15-6-9(21)2-3-12(15)22/h2-8,29H,1H3,(H,26,30)(H,25,27,28). The number of benzene rings is 2. The van der Waals surface area contributed by atoms with Gasteiger partial charge in [0.2, 0.25) is 5.88 Å². The highest BCUT2D eigenvalue weighted by molar-refractivity contribution is 7.92. The number of hydrogen-bond acceptors (Lipinski definition) is 6. The van der Waals surface area contributed by atoms with Gasteiger partial charge in [-0.05, 0) is 36.4 Å². The van der Waals surface area contributed by atoms with Crippen LogP contribution in [0.25, 0.3) is 11.0 Å². The number of sulfonamides is 1. The summed E-state index contributed by atoms with van der Waals surface area (Å²) in [5.41, 5.74) is -1.63. The molecule has 2 aromatic heterocycles. The van der Waals surface area contributed by atoms with Crippen LogP contribution in [0.3, 0.4) is 0 Å². The summed E-state index contributed by atoms with van der Waals surface area (Å²) in [6.45, 7) is 0. The summed E-state index contributed by atoms with van der Waals surface area (Å²) in [5, 5.41) is 9.05. The predicted molar refractivity (Wildman–Crippen MR) is 112 cm³/mol. The third-order valence-corrected chi connectivity index (χ3v) is 5.96. The number of ether oxygens (including phenoxy) is 1. The van der Waals surface area contributed by atoms with Crippen LogP contribution in [0.15, 0.2) is 47.5 Å². The molecule has 0 saturated heterocycles. The molecule has 1 amide bonds. The maximum Gasteiger partial charge on any atom is 0.265 e. The van der Waals surface area contributed by atoms with Crippen molar-refractivity contribution in [3.63, 3.8) is 0 Å². The van der Waals surface area contributed by atoms with E-state index in [-0.39, 0.29) is 11.6 Å². The van der Waals surface area contributed by atoms with Crippen molar-refractivity contribution in [1.29, 1.82) is 0 Å². The number of halogens is 4. The summed E-state index contributed by atoms with van der Waals surface area (Å²) in [7, 11) is -3.47. The average molecular weight is 495 g/mol. The number of H-pyrrole nitrogens is 1. The number of hydrogen-bond donors (Lipinski definition) is 3. The fourth-order valence-electron chi connectivity index (χ4n) is 3.02. The molecule has 0 aliphatic carbocycles. The van der Waals surface area contributed by atoms with Crippen molar-refractivity contribution in [2.24, 2.45) is 0 Å². The van der Waals surface area contributed by atoms with E-state index in [0.717, 1.165) is 0 Å². The van der Waals surface area contributed by atoms with Gasteiger partial charge in [0.15, 0.2) is 11.5 Å². The van der Waals surface area contributed by atoms with E-state index in [0.29, 0.717) is 41.4 Å². The van der Waals surface area contributed by atoms with Crippen LogP contribution >= 0.6 is 0 Å². The van der Waals surface area contributed by atoms with Crippen molar-refractivity contribution in [3.8, 4) is 5.88 Å². The minimum Gasteiger partial charge on any atom is -0.479 e. The van der Waals surface area contributed by atoms with E-state index in [4.69, 9.17) is 4.74 Å². The van der Waals surface area contributed by atoms with Gasteiger partial charge < -0.3 is 10.1 Å². The van der Waals surface area contributed by atoms with Crippen molar-refractivity contribution in [2.45, 2.75) is 4.90 Å². The monoisotopic (exact) mass is 495 g/mol. The zero-order chi connectivity index (χ0) is 24.6. The molecule has 0 aliphatic heterocycles. The average Bonchev–Trinajstić information content (AvgIpc) is 3.19. The lowest BCUT2D eigenvalue weighted by atomic mass is 10.1. The second-order valence-corrected chi connectivity index (χ2v) is 8.42. The first-order chi connectivity index (χ1) is 16.1. The van der Waals surface area contributed by atoms with Crippen molar-refractivity contribution < 1.29 is 35.5 Å². The summed E-state index contributed by atoms with van der Waals surface area (Å²) >= 11 is 0. The van der Waals surface area contributed by atoms with Crippen LogP contribution in [0.1, 0.15) is 10.4 Å². The lowest BCUT2D eigenvalue weighted by Gasteiger charge is -2.13. The van der Waals surface area contributed by atoms with Crippen LogP contribution < -0.4 is 14.8 Å². The lowest BCUT2D eigenvalue weighted by molar-refractivity contribution is 0.101. The summed E-state index contributed by atoms with van der Waals surface area (Å²) in [6.07, 6.45) is 1.19. The van der Waals surface area contributed by atoms with E-state index >= 15 is 0 Å². The first-order valence-corrected chi connectivity index (χ1v) is 10.7. The number of nitrogens with one attached hydrogen (secondary N) is 3. The number of anilines is 2. The molecule has 4 rings (SSSR count). The van der Waals surface area contributed by atoms with Crippen molar-refractivity contribution in [2.75, 3.05) is 17.1 Å². The number of nitrogens with zero attached hydrogens (tertiary/aromatic N) is 2. The van der Waals surface area contributed by atoms with E-state index in [1.165, 1.54) is 19.4 Å². The molecular weight excluding hydrogens is 482 g/mol. The fourth-order valence-corrected chi connectivity index (χ4v) is 4.17. The van der Waals surface area contributed by atoms with Crippen LogP contribution in [-0.2, 0) is 10.0 Å². The van der Waals surface area contributed by atoms with E-state index in [9.17, 15) is 30.8 Å². The summed E-state index contributed by atoms with van der Waals surface area (Å²) < 4.78 is 88.2. The molecule has 2 heterocycles. The zero-order valence-corrected chi connectivity index (χ0v) is 17.8. The van der Waals surface area contributed by atoms with Crippen LogP contribution in [0, 0.1) is 23.3 Å². The van der Waals surface area contributed by atoms with Gasteiger partial charge in [-0.1, -0.05) is 0 Å². The summed E-state index contributed by atoms with van der Waals surface area (Å²) in [4.78, 5) is 15.5. The molecule has 3 N–H and O–H groups in total. The number of pyridine rings is 1. The Balaban J connectivity index is 1.66. The minimum absolute atomic E-state index is 0.0313. The highest BCUT2D eigenvalue weighted by atomic mass is 32.2.